The quantitative estimate of drug-likeness (QED) is 0.397. The van der Waals surface area contributed by atoms with Gasteiger partial charge in [-0.3, -0.25) is 10.3 Å². The maximum Gasteiger partial charge on any atom is 0.259 e. The third-order valence-electron chi connectivity index (χ3n) is 2.19. The Labute approximate surface area is 128 Å². The van der Waals surface area contributed by atoms with Crippen LogP contribution in [0, 0.1) is 10.8 Å². The molecule has 0 amide bonds. The lowest BCUT2D eigenvalue weighted by Gasteiger charge is -2.22. The topological polar surface area (TPSA) is 26.0 Å². The molecule has 0 heterocycles. The van der Waals surface area contributed by atoms with Gasteiger partial charge >= 0.3 is 0 Å². The smallest absolute Gasteiger partial charge is 0.259 e. The average molecular weight is 342 g/mol. The molecule has 4 heteroatoms. The largest absolute Gasteiger partial charge is 1.00 e. The summed E-state index contributed by atoms with van der Waals surface area (Å²) >= 11 is 3.72. The molecule has 0 aliphatic rings. The molecular formula is C14H30BrClN2. The van der Waals surface area contributed by atoms with E-state index in [0.717, 1.165) is 13.1 Å². The first-order valence-electron chi connectivity index (χ1n) is 6.35. The lowest BCUT2D eigenvalue weighted by atomic mass is 9.96. The molecule has 0 saturated carbocycles. The van der Waals surface area contributed by atoms with Crippen LogP contribution in [0.1, 0.15) is 55.4 Å². The van der Waals surface area contributed by atoms with Crippen molar-refractivity contribution in [3.63, 3.8) is 0 Å². The zero-order valence-electron chi connectivity index (χ0n) is 13.2. The van der Waals surface area contributed by atoms with Crippen LogP contribution >= 0.6 is 15.9 Å². The highest BCUT2D eigenvalue weighted by Gasteiger charge is 2.29. The van der Waals surface area contributed by atoms with Crippen molar-refractivity contribution in [3.8, 4) is 0 Å². The van der Waals surface area contributed by atoms with Crippen molar-refractivity contribution < 1.29 is 17.4 Å². The number of nitrogens with one attached hydrogen (secondary N) is 2. The van der Waals surface area contributed by atoms with Crippen molar-refractivity contribution in [2.24, 2.45) is 10.8 Å². The van der Waals surface area contributed by atoms with Crippen molar-refractivity contribution in [3.05, 3.63) is 0 Å². The molecule has 0 saturated heterocycles. The van der Waals surface area contributed by atoms with Gasteiger partial charge in [-0.15, -0.1) is 0 Å². The number of amidine groups is 1. The minimum Gasteiger partial charge on any atom is -1.00 e. The predicted octanol–water partition coefficient (Wildman–Crippen LogP) is -0.675. The molecule has 0 spiro atoms. The summed E-state index contributed by atoms with van der Waals surface area (Å²) in [4.78, 5) is 3.53. The Balaban J connectivity index is 0. The molecule has 0 aromatic carbocycles. The maximum atomic E-state index is 3.72. The fraction of sp³-hybridized carbons (Fsp3) is 0.929. The second-order valence-electron chi connectivity index (χ2n) is 7.68. The monoisotopic (exact) mass is 340 g/mol. The summed E-state index contributed by atoms with van der Waals surface area (Å²) in [6.45, 7) is 19.7. The number of hydrogen-bond donors (Lipinski definition) is 2. The van der Waals surface area contributed by atoms with Crippen molar-refractivity contribution in [1.82, 2.24) is 5.32 Å². The number of rotatable bonds is 3. The Bertz CT molecular complexity index is 267. The summed E-state index contributed by atoms with van der Waals surface area (Å²) < 4.78 is -0.0382. The Morgan fingerprint density at radius 1 is 0.944 bits per heavy atom. The Morgan fingerprint density at radius 3 is 1.67 bits per heavy atom. The molecular weight excluding hydrogens is 312 g/mol. The molecule has 0 atom stereocenters. The molecule has 0 radical (unpaired) electrons. The fourth-order valence-corrected chi connectivity index (χ4v) is 1.47. The van der Waals surface area contributed by atoms with Crippen LogP contribution in [0.2, 0.25) is 0 Å². The number of halogens is 2. The molecule has 2 nitrogen and oxygen atoms in total. The van der Waals surface area contributed by atoms with E-state index in [4.69, 9.17) is 0 Å². The van der Waals surface area contributed by atoms with Crippen molar-refractivity contribution in [2.75, 3.05) is 13.1 Å². The lowest BCUT2D eigenvalue weighted by molar-refractivity contribution is -0.477. The van der Waals surface area contributed by atoms with Gasteiger partial charge in [0.25, 0.3) is 5.84 Å². The van der Waals surface area contributed by atoms with E-state index in [1.807, 2.05) is 0 Å². The van der Waals surface area contributed by atoms with Gasteiger partial charge in [0.2, 0.25) is 0 Å². The van der Waals surface area contributed by atoms with Crippen LogP contribution in [0.4, 0.5) is 0 Å². The summed E-state index contributed by atoms with van der Waals surface area (Å²) in [5.41, 5.74) is 0.569. The van der Waals surface area contributed by atoms with E-state index < -0.39 is 0 Å². The van der Waals surface area contributed by atoms with Gasteiger partial charge in [0, 0.05) is 0 Å². The molecule has 0 unspecified atom stereocenters. The van der Waals surface area contributed by atoms with E-state index in [1.165, 1.54) is 5.84 Å². The average Bonchev–Trinajstić information content (AvgIpc) is 1.96. The maximum absolute atomic E-state index is 3.72. The second kappa shape index (κ2) is 7.14. The summed E-state index contributed by atoms with van der Waals surface area (Å²) in [6.07, 6.45) is 0. The zero-order valence-corrected chi connectivity index (χ0v) is 15.5. The summed E-state index contributed by atoms with van der Waals surface area (Å²) in [6, 6.07) is 0. The van der Waals surface area contributed by atoms with Crippen LogP contribution in [0.25, 0.3) is 0 Å². The highest BCUT2D eigenvalue weighted by atomic mass is 79.9. The van der Waals surface area contributed by atoms with E-state index in [0.29, 0.717) is 0 Å². The van der Waals surface area contributed by atoms with E-state index in [1.54, 1.807) is 0 Å². The molecule has 0 aromatic rings. The lowest BCUT2D eigenvalue weighted by Crippen LogP contribution is -3.00. The van der Waals surface area contributed by atoms with Crippen LogP contribution in [-0.4, -0.2) is 23.2 Å². The second-order valence-corrected chi connectivity index (χ2v) is 9.66. The van der Waals surface area contributed by atoms with Crippen LogP contribution in [0.3, 0.4) is 0 Å². The standard InChI is InChI=1S/C14H29BrN2.ClH/c1-12(2,3)9-16-11(14(7,8)15)17-10-13(4,5)6;/h9-10H2,1-8H3,(H,16,17);1H. The minimum absolute atomic E-state index is 0. The first-order valence-corrected chi connectivity index (χ1v) is 7.15. The molecule has 0 aliphatic carbocycles. The normalized spacial score (nSPS) is 14.2. The van der Waals surface area contributed by atoms with Crippen LogP contribution in [0.5, 0.6) is 0 Å². The third kappa shape index (κ3) is 11.3. The molecule has 0 rings (SSSR count). The van der Waals surface area contributed by atoms with Gasteiger partial charge in [0.15, 0.2) is 0 Å². The fourth-order valence-electron chi connectivity index (χ4n) is 1.19. The van der Waals surface area contributed by atoms with Gasteiger partial charge in [0.05, 0.1) is 13.1 Å². The SMILES string of the molecule is CC(C)(C)CNC(=[NH+]CC(C)(C)C)C(C)(C)Br.[Cl-]. The summed E-state index contributed by atoms with van der Waals surface area (Å²) in [5, 5.41) is 3.53. The van der Waals surface area contributed by atoms with Crippen molar-refractivity contribution >= 4 is 21.8 Å². The first-order chi connectivity index (χ1) is 7.31. The summed E-state index contributed by atoms with van der Waals surface area (Å²) in [5.74, 6) is 1.17. The van der Waals surface area contributed by atoms with E-state index in [2.05, 4.69) is 81.6 Å². The van der Waals surface area contributed by atoms with Gasteiger partial charge in [-0.2, -0.15) is 0 Å². The van der Waals surface area contributed by atoms with E-state index >= 15 is 0 Å². The van der Waals surface area contributed by atoms with Crippen LogP contribution in [-0.2, 0) is 0 Å². The predicted molar refractivity (Wildman–Crippen MR) is 80.8 cm³/mol. The van der Waals surface area contributed by atoms with Crippen LogP contribution in [0.15, 0.2) is 0 Å². The number of hydrogen-bond acceptors (Lipinski definition) is 0. The molecule has 18 heavy (non-hydrogen) atoms. The zero-order chi connectivity index (χ0) is 13.9. The summed E-state index contributed by atoms with van der Waals surface area (Å²) in [7, 11) is 0. The first kappa shape index (κ1) is 20.6. The molecule has 110 valence electrons. The van der Waals surface area contributed by atoms with Gasteiger partial charge in [-0.05, 0) is 24.7 Å². The van der Waals surface area contributed by atoms with Gasteiger partial charge in [-0.25, -0.2) is 0 Å². The van der Waals surface area contributed by atoms with Crippen molar-refractivity contribution in [2.45, 2.75) is 59.7 Å². The highest BCUT2D eigenvalue weighted by Crippen LogP contribution is 2.16. The molecule has 0 fully saturated rings. The Morgan fingerprint density at radius 2 is 1.39 bits per heavy atom. The molecule has 2 N–H and O–H groups in total. The Hall–Kier alpha value is 0.240. The van der Waals surface area contributed by atoms with Gasteiger partial charge < -0.3 is 12.4 Å². The van der Waals surface area contributed by atoms with Crippen LogP contribution < -0.4 is 22.7 Å². The van der Waals surface area contributed by atoms with Crippen molar-refractivity contribution in [1.29, 1.82) is 0 Å². The highest BCUT2D eigenvalue weighted by molar-refractivity contribution is 9.10. The minimum atomic E-state index is -0.0382. The van der Waals surface area contributed by atoms with E-state index in [9.17, 15) is 0 Å². The molecule has 0 aliphatic heterocycles. The van der Waals surface area contributed by atoms with Gasteiger partial charge in [-0.1, -0.05) is 57.5 Å². The molecule has 0 bridgehead atoms. The van der Waals surface area contributed by atoms with E-state index in [-0.39, 0.29) is 27.6 Å². The van der Waals surface area contributed by atoms with Gasteiger partial charge in [0.1, 0.15) is 4.32 Å². The molecule has 0 aromatic heterocycles. The number of alkyl halides is 1. The third-order valence-corrected chi connectivity index (χ3v) is 2.58. The Kier molecular flexibility index (Phi) is 8.15.